The van der Waals surface area contributed by atoms with Gasteiger partial charge in [-0.15, -0.1) is 0 Å². The molecule has 3 aromatic rings. The Morgan fingerprint density at radius 1 is 1.10 bits per heavy atom. The number of ether oxygens (including phenoxy) is 1. The zero-order valence-electron chi connectivity index (χ0n) is 14.9. The molecule has 0 aliphatic carbocycles. The molecule has 0 radical (unpaired) electrons. The second-order valence-electron chi connectivity index (χ2n) is 5.97. The van der Waals surface area contributed by atoms with E-state index < -0.39 is 24.5 Å². The van der Waals surface area contributed by atoms with E-state index in [0.717, 1.165) is 0 Å². The Morgan fingerprint density at radius 2 is 1.83 bits per heavy atom. The van der Waals surface area contributed by atoms with Crippen LogP contribution >= 0.6 is 0 Å². The molecule has 0 aliphatic rings. The molecule has 0 unspecified atom stereocenters. The maximum atomic E-state index is 13.0. The third-order valence-electron chi connectivity index (χ3n) is 3.69. The van der Waals surface area contributed by atoms with Crippen LogP contribution in [-0.4, -0.2) is 28.8 Å². The molecule has 6 nitrogen and oxygen atoms in total. The molecule has 1 aromatic heterocycles. The number of aromatic nitrogens is 2. The average Bonchev–Trinajstić information content (AvgIpc) is 3.15. The van der Waals surface area contributed by atoms with Gasteiger partial charge in [0.05, 0.1) is 5.69 Å². The van der Waals surface area contributed by atoms with E-state index in [1.807, 2.05) is 0 Å². The minimum atomic E-state index is -4.49. The van der Waals surface area contributed by atoms with Gasteiger partial charge in [0.15, 0.2) is 6.61 Å². The molecule has 10 heteroatoms. The Kier molecular flexibility index (Phi) is 6.10. The minimum absolute atomic E-state index is 0.0430. The van der Waals surface area contributed by atoms with Crippen LogP contribution in [0.25, 0.3) is 11.4 Å². The number of rotatable bonds is 7. The predicted molar refractivity (Wildman–Crippen MR) is 94.6 cm³/mol. The molecule has 152 valence electrons. The molecule has 0 fully saturated rings. The van der Waals surface area contributed by atoms with Gasteiger partial charge in [-0.25, -0.2) is 4.39 Å². The zero-order valence-corrected chi connectivity index (χ0v) is 14.9. The van der Waals surface area contributed by atoms with E-state index >= 15 is 0 Å². The van der Waals surface area contributed by atoms with Crippen LogP contribution < -0.4 is 10.1 Å². The number of halogens is 4. The van der Waals surface area contributed by atoms with E-state index in [1.54, 1.807) is 6.07 Å². The number of anilines is 1. The van der Waals surface area contributed by atoms with Gasteiger partial charge in [0, 0.05) is 18.4 Å². The highest BCUT2D eigenvalue weighted by Gasteiger charge is 2.28. The molecule has 0 saturated heterocycles. The predicted octanol–water partition coefficient (Wildman–Crippen LogP) is 4.39. The average molecular weight is 409 g/mol. The van der Waals surface area contributed by atoms with Crippen LogP contribution in [0.2, 0.25) is 0 Å². The summed E-state index contributed by atoms with van der Waals surface area (Å²) >= 11 is 0. The van der Waals surface area contributed by atoms with Crippen molar-refractivity contribution in [2.45, 2.75) is 19.0 Å². The lowest BCUT2D eigenvalue weighted by Gasteiger charge is -2.13. The molecule has 1 amide bonds. The Bertz CT molecular complexity index is 971. The summed E-state index contributed by atoms with van der Waals surface area (Å²) < 4.78 is 59.7. The van der Waals surface area contributed by atoms with E-state index in [4.69, 9.17) is 9.26 Å². The second-order valence-corrected chi connectivity index (χ2v) is 5.97. The summed E-state index contributed by atoms with van der Waals surface area (Å²) in [6.07, 6.45) is -4.42. The number of carbonyl (C=O) groups excluding carboxylic acids is 1. The normalized spacial score (nSPS) is 11.3. The summed E-state index contributed by atoms with van der Waals surface area (Å²) in [7, 11) is 0. The van der Waals surface area contributed by atoms with E-state index in [1.165, 1.54) is 42.5 Å². The largest absolute Gasteiger partial charge is 0.482 e. The summed E-state index contributed by atoms with van der Waals surface area (Å²) in [6, 6.07) is 11.3. The maximum Gasteiger partial charge on any atom is 0.422 e. The number of amides is 1. The van der Waals surface area contributed by atoms with Gasteiger partial charge < -0.3 is 14.6 Å². The number of hydrogen-bond acceptors (Lipinski definition) is 5. The first-order chi connectivity index (χ1) is 13.8. The topological polar surface area (TPSA) is 77.2 Å². The molecule has 0 aliphatic heterocycles. The van der Waals surface area contributed by atoms with Gasteiger partial charge in [-0.3, -0.25) is 4.79 Å². The monoisotopic (exact) mass is 409 g/mol. The lowest BCUT2D eigenvalue weighted by molar-refractivity contribution is -0.153. The van der Waals surface area contributed by atoms with Crippen LogP contribution in [0, 0.1) is 5.82 Å². The SMILES string of the molecule is O=C(CCc1nc(-c2ccc(F)cc2)no1)Nc1ccccc1OCC(F)(F)F. The fourth-order valence-electron chi connectivity index (χ4n) is 2.36. The molecular formula is C19H15F4N3O3. The van der Waals surface area contributed by atoms with Crippen molar-refractivity contribution in [2.75, 3.05) is 11.9 Å². The van der Waals surface area contributed by atoms with E-state index in [0.29, 0.717) is 5.56 Å². The van der Waals surface area contributed by atoms with Gasteiger partial charge in [0.25, 0.3) is 0 Å². The molecule has 0 spiro atoms. The van der Waals surface area contributed by atoms with Gasteiger partial charge in [0.2, 0.25) is 17.6 Å². The Hall–Kier alpha value is -3.43. The first kappa shape index (κ1) is 20.3. The third-order valence-corrected chi connectivity index (χ3v) is 3.69. The van der Waals surface area contributed by atoms with Crippen LogP contribution in [0.3, 0.4) is 0 Å². The van der Waals surface area contributed by atoms with Crippen LogP contribution in [0.4, 0.5) is 23.2 Å². The molecule has 3 rings (SSSR count). The van der Waals surface area contributed by atoms with Crippen LogP contribution in [0.15, 0.2) is 53.1 Å². The number of nitrogens with zero attached hydrogens (tertiary/aromatic N) is 2. The van der Waals surface area contributed by atoms with Gasteiger partial charge >= 0.3 is 6.18 Å². The van der Waals surface area contributed by atoms with Crippen LogP contribution in [-0.2, 0) is 11.2 Å². The van der Waals surface area contributed by atoms with Gasteiger partial charge in [-0.05, 0) is 36.4 Å². The van der Waals surface area contributed by atoms with Crippen molar-refractivity contribution in [1.82, 2.24) is 10.1 Å². The Balaban J connectivity index is 1.56. The highest BCUT2D eigenvalue weighted by atomic mass is 19.4. The van der Waals surface area contributed by atoms with Gasteiger partial charge in [0.1, 0.15) is 11.6 Å². The number of hydrogen-bond donors (Lipinski definition) is 1. The number of carbonyl (C=O) groups is 1. The van der Waals surface area contributed by atoms with E-state index in [9.17, 15) is 22.4 Å². The highest BCUT2D eigenvalue weighted by molar-refractivity contribution is 5.92. The van der Waals surface area contributed by atoms with Crippen molar-refractivity contribution >= 4 is 11.6 Å². The highest BCUT2D eigenvalue weighted by Crippen LogP contribution is 2.26. The molecular weight excluding hydrogens is 394 g/mol. The second kappa shape index (κ2) is 8.72. The first-order valence-corrected chi connectivity index (χ1v) is 8.47. The smallest absolute Gasteiger partial charge is 0.422 e. The summed E-state index contributed by atoms with van der Waals surface area (Å²) in [5.41, 5.74) is 0.681. The minimum Gasteiger partial charge on any atom is -0.482 e. The molecule has 0 atom stereocenters. The van der Waals surface area contributed by atoms with Gasteiger partial charge in [-0.1, -0.05) is 17.3 Å². The van der Waals surface area contributed by atoms with Crippen molar-refractivity contribution in [3.63, 3.8) is 0 Å². The fraction of sp³-hybridized carbons (Fsp3) is 0.211. The molecule has 2 aromatic carbocycles. The lowest BCUT2D eigenvalue weighted by Crippen LogP contribution is -2.20. The van der Waals surface area contributed by atoms with E-state index in [-0.39, 0.29) is 36.0 Å². The van der Waals surface area contributed by atoms with Crippen molar-refractivity contribution in [3.8, 4) is 17.1 Å². The van der Waals surface area contributed by atoms with Crippen molar-refractivity contribution in [2.24, 2.45) is 0 Å². The molecule has 0 saturated carbocycles. The maximum absolute atomic E-state index is 13.0. The standard InChI is InChI=1S/C19H15F4N3O3/c20-13-7-5-12(6-8-13)18-25-17(29-26-18)10-9-16(27)24-14-3-1-2-4-15(14)28-11-19(21,22)23/h1-8H,9-11H2,(H,24,27). The first-order valence-electron chi connectivity index (χ1n) is 8.47. The summed E-state index contributed by atoms with van der Waals surface area (Å²) in [5, 5.41) is 6.27. The van der Waals surface area contributed by atoms with Crippen molar-refractivity contribution in [1.29, 1.82) is 0 Å². The van der Waals surface area contributed by atoms with Gasteiger partial charge in [-0.2, -0.15) is 18.2 Å². The molecule has 0 bridgehead atoms. The number of benzene rings is 2. The van der Waals surface area contributed by atoms with Crippen LogP contribution in [0.5, 0.6) is 5.75 Å². The molecule has 1 N–H and O–H groups in total. The summed E-state index contributed by atoms with van der Waals surface area (Å²) in [6.45, 7) is -1.46. The Labute approximate surface area is 162 Å². The van der Waals surface area contributed by atoms with Crippen molar-refractivity contribution < 1.29 is 31.6 Å². The number of para-hydroxylation sites is 2. The Morgan fingerprint density at radius 3 is 2.55 bits per heavy atom. The third kappa shape index (κ3) is 6.03. The lowest BCUT2D eigenvalue weighted by atomic mass is 10.2. The molecule has 29 heavy (non-hydrogen) atoms. The summed E-state index contributed by atoms with van der Waals surface area (Å²) in [5.74, 6) is -0.495. The number of nitrogens with one attached hydrogen (secondary N) is 1. The van der Waals surface area contributed by atoms with E-state index in [2.05, 4.69) is 15.5 Å². The fourth-order valence-corrected chi connectivity index (χ4v) is 2.36. The quantitative estimate of drug-likeness (QED) is 0.586. The summed E-state index contributed by atoms with van der Waals surface area (Å²) in [4.78, 5) is 16.3. The number of alkyl halides is 3. The molecule has 1 heterocycles. The van der Waals surface area contributed by atoms with Crippen molar-refractivity contribution in [3.05, 3.63) is 60.2 Å². The number of aryl methyl sites for hydroxylation is 1. The zero-order chi connectivity index (χ0) is 20.9. The van der Waals surface area contributed by atoms with Crippen LogP contribution in [0.1, 0.15) is 12.3 Å².